The average Bonchev–Trinajstić information content (AvgIpc) is 2.69. The maximum absolute atomic E-state index is 12.7. The second kappa shape index (κ2) is 7.85. The maximum atomic E-state index is 12.7. The van der Waals surface area contributed by atoms with Crippen LogP contribution < -0.4 is 4.90 Å². The number of halogens is 1. The number of nitrogens with zero attached hydrogens (tertiary/aromatic N) is 1. The number of ether oxygens (including phenoxy) is 2. The Morgan fingerprint density at radius 2 is 2.21 bits per heavy atom. The van der Waals surface area contributed by atoms with Gasteiger partial charge in [-0.15, -0.1) is 0 Å². The summed E-state index contributed by atoms with van der Waals surface area (Å²) in [5, 5.41) is 10.0. The second-order valence-corrected chi connectivity index (χ2v) is 7.38. The molecule has 2 aliphatic rings. The summed E-state index contributed by atoms with van der Waals surface area (Å²) in [4.78, 5) is 14.5. The lowest BCUT2D eigenvalue weighted by Gasteiger charge is -2.27. The summed E-state index contributed by atoms with van der Waals surface area (Å²) >= 11 is 3.36. The van der Waals surface area contributed by atoms with Gasteiger partial charge in [0.15, 0.2) is 6.29 Å². The summed E-state index contributed by atoms with van der Waals surface area (Å²) in [6, 6.07) is 3.58. The van der Waals surface area contributed by atoms with Gasteiger partial charge in [0.25, 0.3) is 0 Å². The minimum absolute atomic E-state index is 0.0377. The molecule has 0 aliphatic carbocycles. The van der Waals surface area contributed by atoms with Crippen LogP contribution in [0.4, 0.5) is 5.69 Å². The van der Waals surface area contributed by atoms with Gasteiger partial charge in [-0.05, 0) is 59.7 Å². The molecule has 1 aromatic rings. The van der Waals surface area contributed by atoms with Gasteiger partial charge in [0.1, 0.15) is 5.75 Å². The molecule has 0 aromatic heterocycles. The second-order valence-electron chi connectivity index (χ2n) is 6.53. The molecule has 2 unspecified atom stereocenters. The molecule has 24 heavy (non-hydrogen) atoms. The number of benzene rings is 1. The fourth-order valence-corrected chi connectivity index (χ4v) is 3.66. The Kier molecular flexibility index (Phi) is 5.79. The van der Waals surface area contributed by atoms with Crippen LogP contribution in [0.2, 0.25) is 0 Å². The van der Waals surface area contributed by atoms with E-state index in [0.717, 1.165) is 50.0 Å². The molecule has 3 rings (SSSR count). The quantitative estimate of drug-likeness (QED) is 0.842. The molecule has 0 radical (unpaired) electrons. The van der Waals surface area contributed by atoms with E-state index in [9.17, 15) is 9.90 Å². The molecule has 1 amide bonds. The Labute approximate surface area is 151 Å². The number of carbonyl (C=O) groups excluding carboxylic acids is 1. The van der Waals surface area contributed by atoms with Gasteiger partial charge >= 0.3 is 0 Å². The minimum atomic E-state index is -0.156. The zero-order valence-corrected chi connectivity index (χ0v) is 15.5. The highest BCUT2D eigenvalue weighted by atomic mass is 79.9. The fraction of sp³-hybridized carbons (Fsp3) is 0.611. The highest BCUT2D eigenvalue weighted by Crippen LogP contribution is 2.36. The van der Waals surface area contributed by atoms with E-state index in [2.05, 4.69) is 15.9 Å². The summed E-state index contributed by atoms with van der Waals surface area (Å²) in [5.41, 5.74) is 1.87. The number of aromatic hydroxyl groups is 1. The largest absolute Gasteiger partial charge is 0.507 e. The summed E-state index contributed by atoms with van der Waals surface area (Å²) < 4.78 is 12.0. The van der Waals surface area contributed by atoms with Crippen LogP contribution in [0.15, 0.2) is 16.6 Å². The van der Waals surface area contributed by atoms with E-state index in [1.54, 1.807) is 11.0 Å². The molecule has 132 valence electrons. The van der Waals surface area contributed by atoms with Gasteiger partial charge in [0, 0.05) is 25.1 Å². The first-order valence-electron chi connectivity index (χ1n) is 8.62. The standard InChI is InChI=1S/C18H24BrNO4/c1-12-5-6-13-10-14(19)16(21)11-15(13)20(18(12)22)7-9-24-17-4-2-3-8-23-17/h10-12,17,21H,2-9H2,1H3. The van der Waals surface area contributed by atoms with Crippen molar-refractivity contribution in [3.63, 3.8) is 0 Å². The van der Waals surface area contributed by atoms with Crippen molar-refractivity contribution in [3.05, 3.63) is 22.2 Å². The number of aryl methyl sites for hydroxylation is 1. The number of phenolic OH excluding ortho intramolecular Hbond substituents is 1. The average molecular weight is 398 g/mol. The third-order valence-corrected chi connectivity index (χ3v) is 5.36. The van der Waals surface area contributed by atoms with Gasteiger partial charge < -0.3 is 19.5 Å². The molecule has 1 N–H and O–H groups in total. The third kappa shape index (κ3) is 3.92. The Balaban J connectivity index is 1.74. The van der Waals surface area contributed by atoms with Crippen molar-refractivity contribution in [2.75, 3.05) is 24.7 Å². The van der Waals surface area contributed by atoms with Gasteiger partial charge in [-0.1, -0.05) is 6.92 Å². The smallest absolute Gasteiger partial charge is 0.229 e. The van der Waals surface area contributed by atoms with Gasteiger partial charge in [0.05, 0.1) is 16.8 Å². The zero-order valence-electron chi connectivity index (χ0n) is 14.0. The van der Waals surface area contributed by atoms with Crippen LogP contribution in [0.1, 0.15) is 38.2 Å². The lowest BCUT2D eigenvalue weighted by atomic mass is 10.0. The van der Waals surface area contributed by atoms with Crippen LogP contribution in [0, 0.1) is 5.92 Å². The summed E-state index contributed by atoms with van der Waals surface area (Å²) in [6.07, 6.45) is 4.60. The van der Waals surface area contributed by atoms with Gasteiger partial charge in [-0.2, -0.15) is 0 Å². The molecule has 6 heteroatoms. The predicted octanol–water partition coefficient (Wildman–Crippen LogP) is 3.61. The number of carbonyl (C=O) groups is 1. The highest BCUT2D eigenvalue weighted by molar-refractivity contribution is 9.10. The van der Waals surface area contributed by atoms with E-state index in [0.29, 0.717) is 17.6 Å². The topological polar surface area (TPSA) is 59.0 Å². The Morgan fingerprint density at radius 3 is 2.96 bits per heavy atom. The molecule has 1 aromatic carbocycles. The molecule has 2 aliphatic heterocycles. The number of hydrogen-bond donors (Lipinski definition) is 1. The fourth-order valence-electron chi connectivity index (χ4n) is 3.27. The molecular formula is C18H24BrNO4. The SMILES string of the molecule is CC1CCc2cc(Br)c(O)cc2N(CCOC2CCCCO2)C1=O. The summed E-state index contributed by atoms with van der Waals surface area (Å²) in [5.74, 6) is 0.200. The monoisotopic (exact) mass is 397 g/mol. The molecule has 0 bridgehead atoms. The molecular weight excluding hydrogens is 374 g/mol. The summed E-state index contributed by atoms with van der Waals surface area (Å²) in [6.45, 7) is 3.60. The first-order valence-corrected chi connectivity index (χ1v) is 9.41. The Hall–Kier alpha value is -1.11. The van der Waals surface area contributed by atoms with Crippen molar-refractivity contribution in [1.82, 2.24) is 0 Å². The number of phenols is 1. The van der Waals surface area contributed by atoms with Crippen molar-refractivity contribution in [3.8, 4) is 5.75 Å². The summed E-state index contributed by atoms with van der Waals surface area (Å²) in [7, 11) is 0. The van der Waals surface area contributed by atoms with Crippen molar-refractivity contribution in [2.45, 2.75) is 45.3 Å². The lowest BCUT2D eigenvalue weighted by Crippen LogP contribution is -2.38. The van der Waals surface area contributed by atoms with Crippen LogP contribution in [-0.4, -0.2) is 37.1 Å². The molecule has 5 nitrogen and oxygen atoms in total. The van der Waals surface area contributed by atoms with Crippen LogP contribution in [-0.2, 0) is 20.7 Å². The van der Waals surface area contributed by atoms with Crippen molar-refractivity contribution < 1.29 is 19.4 Å². The first-order chi connectivity index (χ1) is 11.6. The molecule has 0 saturated carbocycles. The molecule has 1 fully saturated rings. The minimum Gasteiger partial charge on any atom is -0.507 e. The van der Waals surface area contributed by atoms with Crippen LogP contribution in [0.3, 0.4) is 0 Å². The third-order valence-electron chi connectivity index (χ3n) is 4.73. The maximum Gasteiger partial charge on any atom is 0.229 e. The predicted molar refractivity (Wildman–Crippen MR) is 95.2 cm³/mol. The van der Waals surface area contributed by atoms with Crippen LogP contribution >= 0.6 is 15.9 Å². The van der Waals surface area contributed by atoms with Gasteiger partial charge in [-0.25, -0.2) is 0 Å². The molecule has 2 atom stereocenters. The van der Waals surface area contributed by atoms with Crippen LogP contribution in [0.5, 0.6) is 5.75 Å². The van der Waals surface area contributed by atoms with E-state index in [1.807, 2.05) is 13.0 Å². The number of hydrogen-bond acceptors (Lipinski definition) is 4. The van der Waals surface area contributed by atoms with Crippen molar-refractivity contribution in [2.24, 2.45) is 5.92 Å². The van der Waals surface area contributed by atoms with E-state index >= 15 is 0 Å². The van der Waals surface area contributed by atoms with Gasteiger partial charge in [0.2, 0.25) is 5.91 Å². The van der Waals surface area contributed by atoms with E-state index in [-0.39, 0.29) is 23.9 Å². The van der Waals surface area contributed by atoms with Crippen molar-refractivity contribution >= 4 is 27.5 Å². The zero-order chi connectivity index (χ0) is 17.1. The lowest BCUT2D eigenvalue weighted by molar-refractivity contribution is -0.161. The van der Waals surface area contributed by atoms with Crippen molar-refractivity contribution in [1.29, 1.82) is 0 Å². The number of fused-ring (bicyclic) bond motifs is 1. The van der Waals surface area contributed by atoms with E-state index in [1.165, 1.54) is 0 Å². The van der Waals surface area contributed by atoms with Gasteiger partial charge in [-0.3, -0.25) is 4.79 Å². The number of rotatable bonds is 4. The normalized spacial score (nSPS) is 24.6. The van der Waals surface area contributed by atoms with E-state index in [4.69, 9.17) is 9.47 Å². The molecule has 2 heterocycles. The van der Waals surface area contributed by atoms with Crippen LogP contribution in [0.25, 0.3) is 0 Å². The molecule has 0 spiro atoms. The number of amides is 1. The number of anilines is 1. The Bertz CT molecular complexity index is 601. The first kappa shape index (κ1) is 17.7. The molecule has 1 saturated heterocycles. The highest BCUT2D eigenvalue weighted by Gasteiger charge is 2.28. The van der Waals surface area contributed by atoms with E-state index < -0.39 is 0 Å². The Morgan fingerprint density at radius 1 is 1.38 bits per heavy atom.